The summed E-state index contributed by atoms with van der Waals surface area (Å²) in [5.74, 6) is -0.208. The molecule has 1 aliphatic heterocycles. The Balaban J connectivity index is 1.55. The van der Waals surface area contributed by atoms with Crippen molar-refractivity contribution in [2.75, 3.05) is 24.6 Å². The van der Waals surface area contributed by atoms with E-state index in [1.165, 1.54) is 0 Å². The molecule has 1 aromatic carbocycles. The van der Waals surface area contributed by atoms with Gasteiger partial charge in [0.2, 0.25) is 0 Å². The SMILES string of the molecule is Cc1ncc(-c2ccc(OCCc3ccc(Cl)c(Cl)c3)cn2)c(N2CCC(C)(C)CC2)c1CC(=O)O. The van der Waals surface area contributed by atoms with Crippen LogP contribution >= 0.6 is 23.2 Å². The molecule has 190 valence electrons. The van der Waals surface area contributed by atoms with E-state index in [1.807, 2.05) is 37.4 Å². The summed E-state index contributed by atoms with van der Waals surface area (Å²) in [5, 5.41) is 10.7. The van der Waals surface area contributed by atoms with Gasteiger partial charge in [0, 0.05) is 42.5 Å². The van der Waals surface area contributed by atoms with E-state index in [0.717, 1.165) is 59.7 Å². The molecule has 0 amide bonds. The minimum absolute atomic E-state index is 0.0716. The van der Waals surface area contributed by atoms with Gasteiger partial charge < -0.3 is 14.7 Å². The molecule has 0 aliphatic carbocycles. The van der Waals surface area contributed by atoms with Crippen LogP contribution in [-0.4, -0.2) is 40.7 Å². The molecular formula is C28H31Cl2N3O3. The van der Waals surface area contributed by atoms with Crippen molar-refractivity contribution >= 4 is 34.9 Å². The molecule has 2 aromatic heterocycles. The Morgan fingerprint density at radius 1 is 1.08 bits per heavy atom. The van der Waals surface area contributed by atoms with Gasteiger partial charge in [-0.1, -0.05) is 43.1 Å². The molecule has 0 spiro atoms. The number of pyridine rings is 2. The lowest BCUT2D eigenvalue weighted by Gasteiger charge is -2.40. The van der Waals surface area contributed by atoms with Crippen LogP contribution in [0.25, 0.3) is 11.3 Å². The molecule has 0 bridgehead atoms. The lowest BCUT2D eigenvalue weighted by atomic mass is 9.82. The van der Waals surface area contributed by atoms with Crippen LogP contribution in [0.2, 0.25) is 10.0 Å². The van der Waals surface area contributed by atoms with Crippen LogP contribution in [0, 0.1) is 12.3 Å². The second-order valence-corrected chi connectivity index (χ2v) is 10.8. The summed E-state index contributed by atoms with van der Waals surface area (Å²) in [4.78, 5) is 23.2. The minimum Gasteiger partial charge on any atom is -0.492 e. The maximum Gasteiger partial charge on any atom is 0.307 e. The number of anilines is 1. The van der Waals surface area contributed by atoms with Crippen LogP contribution in [0.1, 0.15) is 43.5 Å². The van der Waals surface area contributed by atoms with Crippen molar-refractivity contribution in [1.82, 2.24) is 9.97 Å². The highest BCUT2D eigenvalue weighted by Gasteiger charge is 2.29. The lowest BCUT2D eigenvalue weighted by Crippen LogP contribution is -2.38. The summed E-state index contributed by atoms with van der Waals surface area (Å²) in [6.07, 6.45) is 6.21. The van der Waals surface area contributed by atoms with Crippen LogP contribution in [0.5, 0.6) is 5.75 Å². The molecule has 8 heteroatoms. The normalized spacial score (nSPS) is 15.1. The number of carboxylic acid groups (broad SMARTS) is 1. The number of rotatable bonds is 8. The van der Waals surface area contributed by atoms with Gasteiger partial charge in [-0.15, -0.1) is 0 Å². The molecule has 0 saturated carbocycles. The first-order valence-electron chi connectivity index (χ1n) is 12.1. The number of aliphatic carboxylic acids is 1. The van der Waals surface area contributed by atoms with Crippen molar-refractivity contribution in [3.8, 4) is 17.0 Å². The number of hydrogen-bond donors (Lipinski definition) is 1. The molecule has 0 radical (unpaired) electrons. The number of halogens is 2. The monoisotopic (exact) mass is 527 g/mol. The van der Waals surface area contributed by atoms with Crippen LogP contribution in [0.4, 0.5) is 5.69 Å². The number of hydrogen-bond acceptors (Lipinski definition) is 5. The van der Waals surface area contributed by atoms with E-state index >= 15 is 0 Å². The third-order valence-corrected chi connectivity index (χ3v) is 7.52. The van der Waals surface area contributed by atoms with Gasteiger partial charge >= 0.3 is 5.97 Å². The summed E-state index contributed by atoms with van der Waals surface area (Å²) in [6, 6.07) is 9.35. The van der Waals surface area contributed by atoms with Gasteiger partial charge in [0.25, 0.3) is 0 Å². The molecule has 0 atom stereocenters. The summed E-state index contributed by atoms with van der Waals surface area (Å²) >= 11 is 12.1. The standard InChI is InChI=1S/C28H31Cl2N3O3/c1-18-21(15-26(34)35)27(33-11-9-28(2,3)10-12-33)22(17-31-18)25-7-5-20(16-32-25)36-13-8-19-4-6-23(29)24(30)14-19/h4-7,14,16-17H,8-13,15H2,1-3H3,(H,34,35). The summed E-state index contributed by atoms with van der Waals surface area (Å²) < 4.78 is 5.89. The van der Waals surface area contributed by atoms with Gasteiger partial charge in [0.05, 0.1) is 40.7 Å². The van der Waals surface area contributed by atoms with E-state index in [4.69, 9.17) is 27.9 Å². The van der Waals surface area contributed by atoms with Crippen LogP contribution in [-0.2, 0) is 17.6 Å². The number of carbonyl (C=O) groups is 1. The molecule has 1 N–H and O–H groups in total. The lowest BCUT2D eigenvalue weighted by molar-refractivity contribution is -0.136. The van der Waals surface area contributed by atoms with E-state index < -0.39 is 5.97 Å². The number of benzene rings is 1. The quantitative estimate of drug-likeness (QED) is 0.354. The van der Waals surface area contributed by atoms with Gasteiger partial charge in [-0.3, -0.25) is 14.8 Å². The Labute approximate surface area is 222 Å². The molecule has 0 unspecified atom stereocenters. The highest BCUT2D eigenvalue weighted by molar-refractivity contribution is 6.42. The van der Waals surface area contributed by atoms with E-state index in [9.17, 15) is 9.90 Å². The molecule has 36 heavy (non-hydrogen) atoms. The molecule has 6 nitrogen and oxygen atoms in total. The first kappa shape index (κ1) is 26.2. The predicted molar refractivity (Wildman–Crippen MR) is 144 cm³/mol. The second kappa shape index (κ2) is 11.1. The van der Waals surface area contributed by atoms with Crippen LogP contribution < -0.4 is 9.64 Å². The van der Waals surface area contributed by atoms with Gasteiger partial charge in [0.15, 0.2) is 0 Å². The fourth-order valence-corrected chi connectivity index (χ4v) is 4.81. The zero-order valence-corrected chi connectivity index (χ0v) is 22.4. The predicted octanol–water partition coefficient (Wildman–Crippen LogP) is 6.63. The van der Waals surface area contributed by atoms with E-state index in [1.54, 1.807) is 12.3 Å². The summed E-state index contributed by atoms with van der Waals surface area (Å²) in [7, 11) is 0. The van der Waals surface area contributed by atoms with Crippen LogP contribution in [0.15, 0.2) is 42.7 Å². The molecule has 1 aliphatic rings. The van der Waals surface area contributed by atoms with E-state index in [-0.39, 0.29) is 11.8 Å². The maximum absolute atomic E-state index is 11.7. The third kappa shape index (κ3) is 6.29. The van der Waals surface area contributed by atoms with Crippen molar-refractivity contribution < 1.29 is 14.6 Å². The number of carboxylic acids is 1. The highest BCUT2D eigenvalue weighted by Crippen LogP contribution is 2.39. The fraction of sp³-hybridized carbons (Fsp3) is 0.393. The van der Waals surface area contributed by atoms with E-state index in [2.05, 4.69) is 28.7 Å². The molecule has 4 rings (SSSR count). The Kier molecular flexibility index (Phi) is 8.06. The minimum atomic E-state index is -0.866. The largest absolute Gasteiger partial charge is 0.492 e. The number of aromatic nitrogens is 2. The number of nitrogens with zero attached hydrogens (tertiary/aromatic N) is 3. The average Bonchev–Trinajstić information content (AvgIpc) is 2.83. The Morgan fingerprint density at radius 3 is 2.47 bits per heavy atom. The molecule has 1 saturated heterocycles. The summed E-state index contributed by atoms with van der Waals surface area (Å²) in [6.45, 7) is 8.64. The second-order valence-electron chi connectivity index (χ2n) is 10.0. The van der Waals surface area contributed by atoms with Gasteiger partial charge in [-0.2, -0.15) is 0 Å². The van der Waals surface area contributed by atoms with Crippen molar-refractivity contribution in [2.45, 2.75) is 46.5 Å². The molecule has 1 fully saturated rings. The number of piperidine rings is 1. The Hall–Kier alpha value is -2.83. The third-order valence-electron chi connectivity index (χ3n) is 6.78. The molecule has 3 heterocycles. The zero-order chi connectivity index (χ0) is 25.9. The Bertz CT molecular complexity index is 1240. The average molecular weight is 528 g/mol. The molecular weight excluding hydrogens is 497 g/mol. The van der Waals surface area contributed by atoms with E-state index in [0.29, 0.717) is 28.8 Å². The van der Waals surface area contributed by atoms with Crippen molar-refractivity contribution in [1.29, 1.82) is 0 Å². The van der Waals surface area contributed by atoms with Crippen molar-refractivity contribution in [3.63, 3.8) is 0 Å². The van der Waals surface area contributed by atoms with Gasteiger partial charge in [-0.05, 0) is 55.0 Å². The Morgan fingerprint density at radius 2 is 1.83 bits per heavy atom. The zero-order valence-electron chi connectivity index (χ0n) is 20.9. The smallest absolute Gasteiger partial charge is 0.307 e. The highest BCUT2D eigenvalue weighted by atomic mass is 35.5. The van der Waals surface area contributed by atoms with Crippen LogP contribution in [0.3, 0.4) is 0 Å². The number of ether oxygens (including phenoxy) is 1. The maximum atomic E-state index is 11.7. The number of aryl methyl sites for hydroxylation is 1. The van der Waals surface area contributed by atoms with Gasteiger partial charge in [0.1, 0.15) is 5.75 Å². The summed E-state index contributed by atoms with van der Waals surface area (Å²) in [5.41, 5.74) is 5.33. The van der Waals surface area contributed by atoms with Gasteiger partial charge in [-0.25, -0.2) is 0 Å². The fourth-order valence-electron chi connectivity index (χ4n) is 4.49. The molecule has 3 aromatic rings. The first-order chi connectivity index (χ1) is 17.1. The van der Waals surface area contributed by atoms with Crippen molar-refractivity contribution in [2.24, 2.45) is 5.41 Å². The topological polar surface area (TPSA) is 75.6 Å². The van der Waals surface area contributed by atoms with Crippen molar-refractivity contribution in [3.05, 3.63) is 69.6 Å². The first-order valence-corrected chi connectivity index (χ1v) is 12.9.